The molecule has 1 unspecified atom stereocenters. The number of anilines is 1. The Labute approximate surface area is 186 Å². The molecule has 1 amide bonds. The maximum Gasteiger partial charge on any atom is 0.221 e. The summed E-state index contributed by atoms with van der Waals surface area (Å²) < 4.78 is 6.59. The van der Waals surface area contributed by atoms with Crippen LogP contribution in [0.5, 0.6) is 0 Å². The highest BCUT2D eigenvalue weighted by Crippen LogP contribution is 2.39. The van der Waals surface area contributed by atoms with Crippen molar-refractivity contribution >= 4 is 57.0 Å². The van der Waals surface area contributed by atoms with Gasteiger partial charge in [0.05, 0.1) is 18.9 Å². The van der Waals surface area contributed by atoms with Crippen LogP contribution in [0, 0.1) is 5.92 Å². The number of nitrogens with zero attached hydrogens (tertiary/aromatic N) is 2. The second kappa shape index (κ2) is 8.45. The lowest BCUT2D eigenvalue weighted by atomic mass is 9.90. The van der Waals surface area contributed by atoms with Gasteiger partial charge in [-0.3, -0.25) is 4.79 Å². The van der Waals surface area contributed by atoms with E-state index in [4.69, 9.17) is 16.2 Å². The van der Waals surface area contributed by atoms with Crippen molar-refractivity contribution in [2.24, 2.45) is 11.7 Å². The molecule has 0 saturated heterocycles. The molecule has 8 heteroatoms. The van der Waals surface area contributed by atoms with Gasteiger partial charge in [0, 0.05) is 21.7 Å². The maximum atomic E-state index is 11.3. The van der Waals surface area contributed by atoms with Crippen LogP contribution >= 0.6 is 34.4 Å². The fraction of sp³-hybridized carbons (Fsp3) is 0.286. The molecule has 2 heterocycles. The number of nitrogens with two attached hydrogens (primary N) is 2. The summed E-state index contributed by atoms with van der Waals surface area (Å²) in [5.74, 6) is 0.202. The van der Waals surface area contributed by atoms with Gasteiger partial charge in [-0.1, -0.05) is 53.8 Å². The monoisotopic (exact) mass is 520 g/mol. The molecular formula is C21H21IN4O2S. The van der Waals surface area contributed by atoms with Crippen LogP contribution in [0.4, 0.5) is 5.95 Å². The van der Waals surface area contributed by atoms with E-state index in [1.807, 2.05) is 13.0 Å². The van der Waals surface area contributed by atoms with Crippen molar-refractivity contribution in [1.82, 2.24) is 9.97 Å². The van der Waals surface area contributed by atoms with Crippen molar-refractivity contribution in [2.75, 3.05) is 11.5 Å². The van der Waals surface area contributed by atoms with Gasteiger partial charge >= 0.3 is 0 Å². The summed E-state index contributed by atoms with van der Waals surface area (Å²) in [6.45, 7) is 3.05. The van der Waals surface area contributed by atoms with E-state index >= 15 is 0 Å². The molecule has 29 heavy (non-hydrogen) atoms. The van der Waals surface area contributed by atoms with Crippen molar-refractivity contribution in [3.8, 4) is 11.3 Å². The topological polar surface area (TPSA) is 104 Å². The van der Waals surface area contributed by atoms with E-state index in [0.717, 1.165) is 26.1 Å². The van der Waals surface area contributed by atoms with Gasteiger partial charge in [0.2, 0.25) is 11.9 Å². The Hall–Kier alpha value is -1.91. The van der Waals surface area contributed by atoms with E-state index in [1.54, 1.807) is 0 Å². The maximum absolute atomic E-state index is 11.3. The number of rotatable bonds is 6. The third kappa shape index (κ3) is 4.06. The molecule has 1 atom stereocenters. The quantitative estimate of drug-likeness (QED) is 0.220. The van der Waals surface area contributed by atoms with Gasteiger partial charge in [-0.25, -0.2) is 9.97 Å². The van der Waals surface area contributed by atoms with Gasteiger partial charge in [0.1, 0.15) is 5.03 Å². The Balaban J connectivity index is 1.85. The van der Waals surface area contributed by atoms with Crippen LogP contribution < -0.4 is 11.5 Å². The number of alkyl halides is 1. The van der Waals surface area contributed by atoms with Gasteiger partial charge in [0.25, 0.3) is 0 Å². The molecule has 0 spiro atoms. The van der Waals surface area contributed by atoms with E-state index in [0.29, 0.717) is 19.0 Å². The Morgan fingerprint density at radius 3 is 2.83 bits per heavy atom. The van der Waals surface area contributed by atoms with Gasteiger partial charge in [-0.05, 0) is 33.5 Å². The van der Waals surface area contributed by atoms with Crippen molar-refractivity contribution < 1.29 is 9.53 Å². The highest BCUT2D eigenvalue weighted by Gasteiger charge is 2.20. The number of benzene rings is 2. The zero-order valence-electron chi connectivity index (χ0n) is 15.9. The number of carbonyl (C=O) groups excluding carboxylic acids is 1. The first kappa shape index (κ1) is 20.4. The Kier molecular flexibility index (Phi) is 5.93. The number of carbonyl (C=O) groups is 1. The summed E-state index contributed by atoms with van der Waals surface area (Å²) in [6.07, 6.45) is 0. The van der Waals surface area contributed by atoms with E-state index in [9.17, 15) is 4.79 Å². The van der Waals surface area contributed by atoms with Crippen LogP contribution in [-0.4, -0.2) is 21.6 Å². The van der Waals surface area contributed by atoms with E-state index in [-0.39, 0.29) is 17.8 Å². The standard InChI is InChI=1S/C21H21IN4O2S/c1-11(20(23)27)10-29-17-6-16(25-21(24)26-17)19-13(7-22)5-14-9-28-8-12-3-2-4-15(19)18(12)14/h2-6,11H,7-10H2,1H3,(H2,23,27)(H2,24,25,26). The predicted octanol–water partition coefficient (Wildman–Crippen LogP) is 4.06. The number of amides is 1. The Morgan fingerprint density at radius 2 is 2.07 bits per heavy atom. The molecule has 0 saturated carbocycles. The number of thioether (sulfide) groups is 1. The molecule has 0 radical (unpaired) electrons. The molecule has 150 valence electrons. The normalized spacial score (nSPS) is 14.1. The first-order valence-electron chi connectivity index (χ1n) is 9.25. The number of primary amides is 1. The van der Waals surface area contributed by atoms with Crippen LogP contribution in [-0.2, 0) is 27.2 Å². The first-order valence-corrected chi connectivity index (χ1v) is 11.8. The van der Waals surface area contributed by atoms with Crippen LogP contribution in [0.15, 0.2) is 35.4 Å². The van der Waals surface area contributed by atoms with Crippen LogP contribution in [0.2, 0.25) is 0 Å². The van der Waals surface area contributed by atoms with Gasteiger partial charge in [-0.2, -0.15) is 0 Å². The minimum absolute atomic E-state index is 0.222. The fourth-order valence-corrected chi connectivity index (χ4v) is 5.11. The SMILES string of the molecule is CC(CSc1cc(-c2c(CI)cc3c4c(cccc24)COC3)nc(N)n1)C(N)=O. The average molecular weight is 520 g/mol. The number of hydrogen-bond donors (Lipinski definition) is 2. The van der Waals surface area contributed by atoms with Crippen molar-refractivity contribution in [3.05, 3.63) is 47.0 Å². The minimum Gasteiger partial charge on any atom is -0.372 e. The molecule has 3 aromatic rings. The number of halogens is 1. The van der Waals surface area contributed by atoms with Gasteiger partial charge < -0.3 is 16.2 Å². The zero-order chi connectivity index (χ0) is 20.5. The third-order valence-electron chi connectivity index (χ3n) is 5.01. The van der Waals surface area contributed by atoms with Crippen molar-refractivity contribution in [1.29, 1.82) is 0 Å². The number of ether oxygens (including phenoxy) is 1. The zero-order valence-corrected chi connectivity index (χ0v) is 18.9. The smallest absolute Gasteiger partial charge is 0.221 e. The van der Waals surface area contributed by atoms with Gasteiger partial charge in [0.15, 0.2) is 0 Å². The summed E-state index contributed by atoms with van der Waals surface area (Å²) in [7, 11) is 0. The molecule has 2 aromatic carbocycles. The lowest BCUT2D eigenvalue weighted by molar-refractivity contribution is -0.120. The molecule has 0 fully saturated rings. The highest BCUT2D eigenvalue weighted by molar-refractivity contribution is 14.1. The second-order valence-corrected chi connectivity index (χ2v) is 8.90. The Bertz CT molecular complexity index is 1110. The summed E-state index contributed by atoms with van der Waals surface area (Å²) >= 11 is 3.84. The van der Waals surface area contributed by atoms with E-state index in [1.165, 1.54) is 33.8 Å². The molecule has 0 aliphatic carbocycles. The van der Waals surface area contributed by atoms with Crippen molar-refractivity contribution in [2.45, 2.75) is 29.6 Å². The number of hydrogen-bond acceptors (Lipinski definition) is 6. The molecule has 1 aromatic heterocycles. The molecule has 0 bridgehead atoms. The number of aromatic nitrogens is 2. The average Bonchev–Trinajstić information content (AvgIpc) is 2.71. The summed E-state index contributed by atoms with van der Waals surface area (Å²) in [6, 6.07) is 10.5. The molecule has 4 N–H and O–H groups in total. The van der Waals surface area contributed by atoms with Gasteiger partial charge in [-0.15, -0.1) is 11.8 Å². The third-order valence-corrected chi connectivity index (χ3v) is 7.01. The van der Waals surface area contributed by atoms with Crippen LogP contribution in [0.1, 0.15) is 23.6 Å². The summed E-state index contributed by atoms with van der Waals surface area (Å²) in [4.78, 5) is 20.2. The molecule has 4 rings (SSSR count). The number of nitrogen functional groups attached to an aromatic ring is 1. The Morgan fingerprint density at radius 1 is 1.28 bits per heavy atom. The lowest BCUT2D eigenvalue weighted by Crippen LogP contribution is -2.22. The van der Waals surface area contributed by atoms with Crippen LogP contribution in [0.3, 0.4) is 0 Å². The molecule has 1 aliphatic heterocycles. The summed E-state index contributed by atoms with van der Waals surface area (Å²) in [5, 5.41) is 3.15. The summed E-state index contributed by atoms with van der Waals surface area (Å²) in [5.41, 5.74) is 16.9. The van der Waals surface area contributed by atoms with Crippen LogP contribution in [0.25, 0.3) is 22.0 Å². The molecule has 1 aliphatic rings. The first-order chi connectivity index (χ1) is 14.0. The lowest BCUT2D eigenvalue weighted by Gasteiger charge is -2.22. The largest absolute Gasteiger partial charge is 0.372 e. The van der Waals surface area contributed by atoms with E-state index in [2.05, 4.69) is 56.8 Å². The molecular weight excluding hydrogens is 499 g/mol. The highest BCUT2D eigenvalue weighted by atomic mass is 127. The fourth-order valence-electron chi connectivity index (χ4n) is 3.57. The predicted molar refractivity (Wildman–Crippen MR) is 125 cm³/mol. The minimum atomic E-state index is -0.322. The van der Waals surface area contributed by atoms with Crippen molar-refractivity contribution in [3.63, 3.8) is 0 Å². The van der Waals surface area contributed by atoms with E-state index < -0.39 is 0 Å². The molecule has 6 nitrogen and oxygen atoms in total. The second-order valence-electron chi connectivity index (χ2n) is 7.10.